The number of aromatic nitrogens is 1. The molecule has 4 nitrogen and oxygen atoms in total. The first-order chi connectivity index (χ1) is 8.58. The normalized spacial score (nSPS) is 10.4. The summed E-state index contributed by atoms with van der Waals surface area (Å²) >= 11 is 3.04. The SMILES string of the molecule is Cc1cc(CNC(=O)c2cccc(F)c2Br)no1. The lowest BCUT2D eigenvalue weighted by Gasteiger charge is -2.05. The third-order valence-corrected chi connectivity index (χ3v) is 3.11. The van der Waals surface area contributed by atoms with E-state index in [0.717, 1.165) is 0 Å². The van der Waals surface area contributed by atoms with E-state index >= 15 is 0 Å². The van der Waals surface area contributed by atoms with Crippen LogP contribution in [0, 0.1) is 12.7 Å². The van der Waals surface area contributed by atoms with Crippen LogP contribution in [0.1, 0.15) is 21.8 Å². The Hall–Kier alpha value is -1.69. The van der Waals surface area contributed by atoms with E-state index in [4.69, 9.17) is 4.52 Å². The van der Waals surface area contributed by atoms with E-state index in [9.17, 15) is 9.18 Å². The van der Waals surface area contributed by atoms with Crippen LogP contribution in [0.2, 0.25) is 0 Å². The van der Waals surface area contributed by atoms with Gasteiger partial charge in [-0.1, -0.05) is 11.2 Å². The molecule has 1 aromatic carbocycles. The smallest absolute Gasteiger partial charge is 0.252 e. The molecule has 0 radical (unpaired) electrons. The fourth-order valence-electron chi connectivity index (χ4n) is 1.45. The van der Waals surface area contributed by atoms with Gasteiger partial charge in [0.1, 0.15) is 17.3 Å². The van der Waals surface area contributed by atoms with Crippen LogP contribution >= 0.6 is 15.9 Å². The lowest BCUT2D eigenvalue weighted by atomic mass is 10.2. The first-order valence-electron chi connectivity index (χ1n) is 5.22. The summed E-state index contributed by atoms with van der Waals surface area (Å²) in [7, 11) is 0. The van der Waals surface area contributed by atoms with E-state index in [1.165, 1.54) is 18.2 Å². The van der Waals surface area contributed by atoms with Gasteiger partial charge >= 0.3 is 0 Å². The van der Waals surface area contributed by atoms with Gasteiger partial charge in [0.2, 0.25) is 0 Å². The van der Waals surface area contributed by atoms with Gasteiger partial charge in [0.15, 0.2) is 0 Å². The van der Waals surface area contributed by atoms with Crippen LogP contribution in [0.25, 0.3) is 0 Å². The zero-order valence-corrected chi connectivity index (χ0v) is 11.1. The number of carbonyl (C=O) groups is 1. The van der Waals surface area contributed by atoms with Gasteiger partial charge in [-0.25, -0.2) is 4.39 Å². The molecular weight excluding hydrogens is 303 g/mol. The zero-order valence-electron chi connectivity index (χ0n) is 9.54. The summed E-state index contributed by atoms with van der Waals surface area (Å²) in [4.78, 5) is 11.8. The highest BCUT2D eigenvalue weighted by atomic mass is 79.9. The number of benzene rings is 1. The third kappa shape index (κ3) is 2.76. The van der Waals surface area contributed by atoms with Gasteiger partial charge in [-0.2, -0.15) is 0 Å². The molecule has 0 aliphatic heterocycles. The number of nitrogens with zero attached hydrogens (tertiary/aromatic N) is 1. The number of halogens is 2. The molecule has 0 bridgehead atoms. The first kappa shape index (κ1) is 12.8. The molecule has 94 valence electrons. The monoisotopic (exact) mass is 312 g/mol. The van der Waals surface area contributed by atoms with Crippen LogP contribution in [0.3, 0.4) is 0 Å². The number of carbonyl (C=O) groups excluding carboxylic acids is 1. The summed E-state index contributed by atoms with van der Waals surface area (Å²) < 4.78 is 18.3. The van der Waals surface area contributed by atoms with Crippen molar-refractivity contribution in [3.8, 4) is 0 Å². The number of nitrogens with one attached hydrogen (secondary N) is 1. The van der Waals surface area contributed by atoms with Gasteiger partial charge in [-0.05, 0) is 35.0 Å². The topological polar surface area (TPSA) is 55.1 Å². The molecule has 1 N–H and O–H groups in total. The minimum absolute atomic E-state index is 0.152. The van der Waals surface area contributed by atoms with Crippen molar-refractivity contribution in [3.63, 3.8) is 0 Å². The highest BCUT2D eigenvalue weighted by molar-refractivity contribution is 9.10. The molecule has 2 aromatic rings. The van der Waals surface area contributed by atoms with E-state index in [1.54, 1.807) is 13.0 Å². The Balaban J connectivity index is 2.06. The van der Waals surface area contributed by atoms with E-state index in [-0.39, 0.29) is 22.5 Å². The minimum atomic E-state index is -0.472. The van der Waals surface area contributed by atoms with Crippen molar-refractivity contribution >= 4 is 21.8 Å². The summed E-state index contributed by atoms with van der Waals surface area (Å²) in [6.07, 6.45) is 0. The third-order valence-electron chi connectivity index (χ3n) is 2.30. The molecule has 1 aromatic heterocycles. The molecule has 0 saturated heterocycles. The van der Waals surface area contributed by atoms with E-state index in [1.807, 2.05) is 0 Å². The van der Waals surface area contributed by atoms with Gasteiger partial charge < -0.3 is 9.84 Å². The Kier molecular flexibility index (Phi) is 3.76. The molecule has 1 amide bonds. The molecule has 18 heavy (non-hydrogen) atoms. The summed E-state index contributed by atoms with van der Waals surface area (Å²) in [5.41, 5.74) is 0.864. The maximum atomic E-state index is 13.3. The molecular formula is C12H10BrFN2O2. The summed E-state index contributed by atoms with van der Waals surface area (Å²) in [6, 6.07) is 6.02. The molecule has 0 spiro atoms. The van der Waals surface area contributed by atoms with Gasteiger partial charge in [0.05, 0.1) is 16.6 Å². The maximum absolute atomic E-state index is 13.3. The summed E-state index contributed by atoms with van der Waals surface area (Å²) in [5.74, 6) is -0.173. The Labute approximate surface area is 111 Å². The second-order valence-electron chi connectivity index (χ2n) is 3.71. The second-order valence-corrected chi connectivity index (χ2v) is 4.51. The Bertz CT molecular complexity index is 583. The lowest BCUT2D eigenvalue weighted by molar-refractivity contribution is 0.0949. The Morgan fingerprint density at radius 1 is 1.56 bits per heavy atom. The van der Waals surface area contributed by atoms with E-state index in [2.05, 4.69) is 26.4 Å². The number of amides is 1. The highest BCUT2D eigenvalue weighted by Gasteiger charge is 2.13. The average molecular weight is 313 g/mol. The fourth-order valence-corrected chi connectivity index (χ4v) is 1.89. The van der Waals surface area contributed by atoms with Gasteiger partial charge in [0.25, 0.3) is 5.91 Å². The number of hydrogen-bond donors (Lipinski definition) is 1. The van der Waals surface area contributed by atoms with Crippen molar-refractivity contribution in [1.82, 2.24) is 10.5 Å². The molecule has 0 unspecified atom stereocenters. The quantitative estimate of drug-likeness (QED) is 0.948. The molecule has 0 fully saturated rings. The summed E-state index contributed by atoms with van der Waals surface area (Å²) in [6.45, 7) is 2.00. The maximum Gasteiger partial charge on any atom is 0.252 e. The van der Waals surface area contributed by atoms with Crippen molar-refractivity contribution in [2.75, 3.05) is 0 Å². The van der Waals surface area contributed by atoms with Crippen molar-refractivity contribution in [3.05, 3.63) is 51.6 Å². The van der Waals surface area contributed by atoms with Crippen LogP contribution in [0.15, 0.2) is 33.3 Å². The van der Waals surface area contributed by atoms with Gasteiger partial charge in [-0.3, -0.25) is 4.79 Å². The van der Waals surface area contributed by atoms with Crippen molar-refractivity contribution in [1.29, 1.82) is 0 Å². The van der Waals surface area contributed by atoms with Gasteiger partial charge in [-0.15, -0.1) is 0 Å². The van der Waals surface area contributed by atoms with E-state index in [0.29, 0.717) is 11.5 Å². The lowest BCUT2D eigenvalue weighted by Crippen LogP contribution is -2.23. The fraction of sp³-hybridized carbons (Fsp3) is 0.167. The molecule has 6 heteroatoms. The van der Waals surface area contributed by atoms with Crippen LogP contribution in [0.4, 0.5) is 4.39 Å². The standard InChI is InChI=1S/C12H10BrFN2O2/c1-7-5-8(16-18-7)6-15-12(17)9-3-2-4-10(14)11(9)13/h2-5H,6H2,1H3,(H,15,17). The molecule has 0 aliphatic carbocycles. The van der Waals surface area contributed by atoms with Crippen molar-refractivity contribution in [2.45, 2.75) is 13.5 Å². The Morgan fingerprint density at radius 2 is 2.33 bits per heavy atom. The number of hydrogen-bond acceptors (Lipinski definition) is 3. The number of rotatable bonds is 3. The highest BCUT2D eigenvalue weighted by Crippen LogP contribution is 2.20. The minimum Gasteiger partial charge on any atom is -0.361 e. The van der Waals surface area contributed by atoms with Crippen LogP contribution < -0.4 is 5.32 Å². The Morgan fingerprint density at radius 3 is 3.00 bits per heavy atom. The second kappa shape index (κ2) is 5.30. The van der Waals surface area contributed by atoms with Crippen LogP contribution in [0.5, 0.6) is 0 Å². The largest absolute Gasteiger partial charge is 0.361 e. The van der Waals surface area contributed by atoms with Crippen molar-refractivity contribution < 1.29 is 13.7 Å². The first-order valence-corrected chi connectivity index (χ1v) is 6.01. The average Bonchev–Trinajstić information content (AvgIpc) is 2.76. The predicted octanol–water partition coefficient (Wildman–Crippen LogP) is 2.81. The summed E-state index contributed by atoms with van der Waals surface area (Å²) in [5, 5.41) is 6.38. The molecule has 0 saturated carbocycles. The van der Waals surface area contributed by atoms with E-state index < -0.39 is 5.82 Å². The molecule has 2 rings (SSSR count). The van der Waals surface area contributed by atoms with Crippen LogP contribution in [-0.2, 0) is 6.54 Å². The molecule has 0 aliphatic rings. The molecule has 0 atom stereocenters. The van der Waals surface area contributed by atoms with Crippen molar-refractivity contribution in [2.24, 2.45) is 0 Å². The van der Waals surface area contributed by atoms with Gasteiger partial charge in [0, 0.05) is 6.07 Å². The van der Waals surface area contributed by atoms with Crippen LogP contribution in [-0.4, -0.2) is 11.1 Å². The number of aryl methyl sites for hydroxylation is 1. The zero-order chi connectivity index (χ0) is 13.1. The molecule has 1 heterocycles. The predicted molar refractivity (Wildman–Crippen MR) is 66.5 cm³/mol.